The topological polar surface area (TPSA) is 110 Å². The van der Waals surface area contributed by atoms with Crippen molar-refractivity contribution in [2.75, 3.05) is 16.2 Å². The number of nitro groups is 1. The molecule has 0 radical (unpaired) electrons. The average Bonchev–Trinajstić information content (AvgIpc) is 3.29. The van der Waals surface area contributed by atoms with Crippen LogP contribution < -0.4 is 9.62 Å². The minimum absolute atomic E-state index is 0.118. The second kappa shape index (κ2) is 8.12. The third kappa shape index (κ3) is 4.04. The summed E-state index contributed by atoms with van der Waals surface area (Å²) in [5.41, 5.74) is 2.46. The van der Waals surface area contributed by atoms with Crippen molar-refractivity contribution in [3.8, 4) is 0 Å². The van der Waals surface area contributed by atoms with E-state index < -0.39 is 20.9 Å². The van der Waals surface area contributed by atoms with Crippen LogP contribution in [0.25, 0.3) is 0 Å². The first-order chi connectivity index (χ1) is 14.8. The number of anilines is 2. The zero-order chi connectivity index (χ0) is 22.2. The minimum Gasteiger partial charge on any atom is -0.322 e. The van der Waals surface area contributed by atoms with Gasteiger partial charge in [-0.25, -0.2) is 8.42 Å². The van der Waals surface area contributed by atoms with E-state index >= 15 is 0 Å². The molecule has 0 unspecified atom stereocenters. The van der Waals surface area contributed by atoms with Gasteiger partial charge < -0.3 is 5.32 Å². The largest absolute Gasteiger partial charge is 0.322 e. The number of thiophene rings is 1. The summed E-state index contributed by atoms with van der Waals surface area (Å²) in [6.45, 7) is 2.01. The zero-order valence-electron chi connectivity index (χ0n) is 16.6. The zero-order valence-corrected chi connectivity index (χ0v) is 18.2. The molecule has 160 valence electrons. The summed E-state index contributed by atoms with van der Waals surface area (Å²) >= 11 is 1.18. The van der Waals surface area contributed by atoms with E-state index in [1.807, 2.05) is 0 Å². The van der Waals surface area contributed by atoms with E-state index in [4.69, 9.17) is 0 Å². The number of sulfonamides is 1. The smallest absolute Gasteiger partial charge is 0.273 e. The standard InChI is InChI=1S/C21H19N3O5S2/c1-14-6-7-16(13-19(14)24(26)27)21(25)22-17-8-9-18-15(12-17)4-2-10-23(18)31(28,29)20-5-3-11-30-20/h3,5-9,11-13H,2,4,10H2,1H3,(H,22,25). The lowest BCUT2D eigenvalue weighted by Crippen LogP contribution is -2.35. The molecular formula is C21H19N3O5S2. The molecule has 1 aliphatic rings. The fraction of sp³-hybridized carbons (Fsp3) is 0.190. The molecule has 1 N–H and O–H groups in total. The molecule has 1 aliphatic heterocycles. The van der Waals surface area contributed by atoms with Crippen molar-refractivity contribution in [1.82, 2.24) is 0 Å². The van der Waals surface area contributed by atoms with Gasteiger partial charge in [0.05, 0.1) is 10.6 Å². The second-order valence-corrected chi connectivity index (χ2v) is 10.2. The molecule has 3 aromatic rings. The third-order valence-electron chi connectivity index (χ3n) is 5.12. The summed E-state index contributed by atoms with van der Waals surface area (Å²) in [5.74, 6) is -0.470. The van der Waals surface area contributed by atoms with Gasteiger partial charge in [0.2, 0.25) is 0 Å². The van der Waals surface area contributed by atoms with Gasteiger partial charge in [-0.3, -0.25) is 19.2 Å². The monoisotopic (exact) mass is 457 g/mol. The predicted octanol–water partition coefficient (Wildman–Crippen LogP) is 4.36. The number of fused-ring (bicyclic) bond motifs is 1. The Kier molecular flexibility index (Phi) is 5.50. The van der Waals surface area contributed by atoms with E-state index in [1.54, 1.807) is 42.6 Å². The van der Waals surface area contributed by atoms with Gasteiger partial charge in [-0.15, -0.1) is 11.3 Å². The fourth-order valence-electron chi connectivity index (χ4n) is 3.56. The molecule has 31 heavy (non-hydrogen) atoms. The molecule has 0 atom stereocenters. The number of amides is 1. The molecule has 10 heteroatoms. The van der Waals surface area contributed by atoms with E-state index in [9.17, 15) is 23.3 Å². The van der Waals surface area contributed by atoms with Crippen molar-refractivity contribution in [2.24, 2.45) is 0 Å². The number of carbonyl (C=O) groups excluding carboxylic acids is 1. The molecule has 0 saturated heterocycles. The van der Waals surface area contributed by atoms with Crippen LogP contribution in [-0.4, -0.2) is 25.8 Å². The molecule has 0 bridgehead atoms. The summed E-state index contributed by atoms with van der Waals surface area (Å²) < 4.78 is 27.7. The van der Waals surface area contributed by atoms with Gasteiger partial charge in [-0.1, -0.05) is 12.1 Å². The van der Waals surface area contributed by atoms with Gasteiger partial charge in [0.15, 0.2) is 0 Å². The molecule has 0 saturated carbocycles. The van der Waals surface area contributed by atoms with Gasteiger partial charge in [0.25, 0.3) is 21.6 Å². The Morgan fingerprint density at radius 3 is 2.71 bits per heavy atom. The molecule has 4 rings (SSSR count). The van der Waals surface area contributed by atoms with Crippen LogP contribution in [0.3, 0.4) is 0 Å². The lowest BCUT2D eigenvalue weighted by molar-refractivity contribution is -0.385. The Hall–Kier alpha value is -3.24. The minimum atomic E-state index is -3.63. The Bertz CT molecular complexity index is 1270. The quantitative estimate of drug-likeness (QED) is 0.452. The van der Waals surface area contributed by atoms with Crippen molar-refractivity contribution in [3.05, 3.63) is 80.7 Å². The number of benzene rings is 2. The van der Waals surface area contributed by atoms with Crippen LogP contribution in [0.1, 0.15) is 27.9 Å². The third-order valence-corrected chi connectivity index (χ3v) is 8.31. The van der Waals surface area contributed by atoms with E-state index in [2.05, 4.69) is 5.32 Å². The number of nitrogens with one attached hydrogen (secondary N) is 1. The maximum Gasteiger partial charge on any atom is 0.273 e. The number of aryl methyl sites for hydroxylation is 2. The first-order valence-electron chi connectivity index (χ1n) is 9.53. The number of rotatable bonds is 5. The van der Waals surface area contributed by atoms with E-state index in [-0.39, 0.29) is 11.3 Å². The molecule has 1 amide bonds. The molecule has 0 spiro atoms. The first-order valence-corrected chi connectivity index (χ1v) is 11.8. The van der Waals surface area contributed by atoms with Gasteiger partial charge in [0, 0.05) is 29.4 Å². The maximum atomic E-state index is 13.0. The number of hydrogen-bond donors (Lipinski definition) is 1. The van der Waals surface area contributed by atoms with Crippen LogP contribution in [0.4, 0.5) is 17.1 Å². The predicted molar refractivity (Wildman–Crippen MR) is 119 cm³/mol. The van der Waals surface area contributed by atoms with E-state index in [0.717, 1.165) is 5.56 Å². The molecular weight excluding hydrogens is 438 g/mol. The average molecular weight is 458 g/mol. The number of hydrogen-bond acceptors (Lipinski definition) is 6. The highest BCUT2D eigenvalue weighted by atomic mass is 32.2. The lowest BCUT2D eigenvalue weighted by atomic mass is 10.0. The highest BCUT2D eigenvalue weighted by Crippen LogP contribution is 2.35. The molecule has 2 aromatic carbocycles. The maximum absolute atomic E-state index is 13.0. The summed E-state index contributed by atoms with van der Waals surface area (Å²) in [6, 6.07) is 12.7. The Morgan fingerprint density at radius 1 is 1.19 bits per heavy atom. The van der Waals surface area contributed by atoms with Crippen LogP contribution in [-0.2, 0) is 16.4 Å². The van der Waals surface area contributed by atoms with Gasteiger partial charge in [-0.2, -0.15) is 0 Å². The molecule has 1 aromatic heterocycles. The van der Waals surface area contributed by atoms with Crippen LogP contribution in [0.2, 0.25) is 0 Å². The van der Waals surface area contributed by atoms with E-state index in [1.165, 1.54) is 33.8 Å². The van der Waals surface area contributed by atoms with Crippen molar-refractivity contribution in [3.63, 3.8) is 0 Å². The van der Waals surface area contributed by atoms with Gasteiger partial charge >= 0.3 is 0 Å². The van der Waals surface area contributed by atoms with Gasteiger partial charge in [0.1, 0.15) is 4.21 Å². The normalized spacial score (nSPS) is 13.5. The Balaban J connectivity index is 1.60. The SMILES string of the molecule is Cc1ccc(C(=O)Nc2ccc3c(c2)CCCN3S(=O)(=O)c2cccs2)cc1[N+](=O)[O-]. The summed E-state index contributed by atoms with van der Waals surface area (Å²) in [7, 11) is -3.63. The van der Waals surface area contributed by atoms with Crippen LogP contribution in [0.5, 0.6) is 0 Å². The molecule has 2 heterocycles. The summed E-state index contributed by atoms with van der Waals surface area (Å²) in [5, 5.41) is 15.6. The first kappa shape index (κ1) is 21.0. The highest BCUT2D eigenvalue weighted by molar-refractivity contribution is 7.94. The van der Waals surface area contributed by atoms with Crippen LogP contribution in [0.15, 0.2) is 58.1 Å². The number of carbonyl (C=O) groups is 1. The van der Waals surface area contributed by atoms with Crippen LogP contribution >= 0.6 is 11.3 Å². The van der Waals surface area contributed by atoms with Crippen molar-refractivity contribution in [1.29, 1.82) is 0 Å². The van der Waals surface area contributed by atoms with Gasteiger partial charge in [-0.05, 0) is 61.0 Å². The van der Waals surface area contributed by atoms with Crippen molar-refractivity contribution < 1.29 is 18.1 Å². The summed E-state index contributed by atoms with van der Waals surface area (Å²) in [4.78, 5) is 23.2. The second-order valence-electron chi connectivity index (χ2n) is 7.17. The molecule has 0 aliphatic carbocycles. The number of nitrogens with zero attached hydrogens (tertiary/aromatic N) is 2. The molecule has 8 nitrogen and oxygen atoms in total. The van der Waals surface area contributed by atoms with E-state index in [0.29, 0.717) is 40.5 Å². The lowest BCUT2D eigenvalue weighted by Gasteiger charge is -2.30. The van der Waals surface area contributed by atoms with Crippen molar-refractivity contribution >= 4 is 44.3 Å². The summed E-state index contributed by atoms with van der Waals surface area (Å²) in [6.07, 6.45) is 1.35. The highest BCUT2D eigenvalue weighted by Gasteiger charge is 2.30. The fourth-order valence-corrected chi connectivity index (χ4v) is 6.21. The number of nitro benzene ring substituents is 1. The van der Waals surface area contributed by atoms with Crippen LogP contribution in [0, 0.1) is 17.0 Å². The molecule has 0 fully saturated rings. The Morgan fingerprint density at radius 2 is 2.00 bits per heavy atom. The van der Waals surface area contributed by atoms with Crippen molar-refractivity contribution in [2.45, 2.75) is 24.0 Å². The Labute approximate surface area is 183 Å².